The number of nitrogens with one attached hydrogen (secondary N) is 1. The summed E-state index contributed by atoms with van der Waals surface area (Å²) in [4.78, 5) is 22.6. The standard InChI is InChI=1S/C13H15NO4/c1-18-11-7-9(13(16)17)5-6-10(11)14-12(15)8-3-2-4-8/h5-8H,2-4H2,1H3,(H,14,15)(H,16,17). The molecule has 2 N–H and O–H groups in total. The monoisotopic (exact) mass is 249 g/mol. The van der Waals surface area contributed by atoms with Gasteiger partial charge in [-0.1, -0.05) is 6.42 Å². The Morgan fingerprint density at radius 3 is 2.61 bits per heavy atom. The number of ether oxygens (including phenoxy) is 1. The summed E-state index contributed by atoms with van der Waals surface area (Å²) in [6.45, 7) is 0. The number of methoxy groups -OCH3 is 1. The van der Waals surface area contributed by atoms with E-state index in [4.69, 9.17) is 9.84 Å². The minimum Gasteiger partial charge on any atom is -0.495 e. The Bertz CT molecular complexity index is 480. The van der Waals surface area contributed by atoms with Gasteiger partial charge in [0, 0.05) is 5.92 Å². The van der Waals surface area contributed by atoms with Crippen molar-refractivity contribution < 1.29 is 19.4 Å². The van der Waals surface area contributed by atoms with Gasteiger partial charge < -0.3 is 15.2 Å². The molecule has 0 bridgehead atoms. The summed E-state index contributed by atoms with van der Waals surface area (Å²) in [5.41, 5.74) is 0.646. The molecule has 1 aliphatic rings. The molecule has 1 fully saturated rings. The number of hydrogen-bond acceptors (Lipinski definition) is 3. The number of carboxylic acid groups (broad SMARTS) is 1. The van der Waals surface area contributed by atoms with E-state index in [1.54, 1.807) is 6.07 Å². The second-order valence-electron chi connectivity index (χ2n) is 4.34. The maximum Gasteiger partial charge on any atom is 0.335 e. The van der Waals surface area contributed by atoms with Crippen molar-refractivity contribution in [3.8, 4) is 5.75 Å². The molecule has 0 saturated heterocycles. The number of hydrogen-bond donors (Lipinski definition) is 2. The average molecular weight is 249 g/mol. The summed E-state index contributed by atoms with van der Waals surface area (Å²) in [6, 6.07) is 4.40. The van der Waals surface area contributed by atoms with Gasteiger partial charge in [-0.15, -0.1) is 0 Å². The molecule has 1 aliphatic carbocycles. The van der Waals surface area contributed by atoms with Gasteiger partial charge in [0.25, 0.3) is 0 Å². The van der Waals surface area contributed by atoms with Gasteiger partial charge in [-0.25, -0.2) is 4.79 Å². The first-order chi connectivity index (χ1) is 8.61. The highest BCUT2D eigenvalue weighted by molar-refractivity contribution is 5.96. The second kappa shape index (κ2) is 5.08. The van der Waals surface area contributed by atoms with E-state index < -0.39 is 5.97 Å². The molecule has 0 atom stereocenters. The quantitative estimate of drug-likeness (QED) is 0.857. The van der Waals surface area contributed by atoms with Gasteiger partial charge in [0.1, 0.15) is 5.75 Å². The SMILES string of the molecule is COc1cc(C(=O)O)ccc1NC(=O)C1CCC1. The highest BCUT2D eigenvalue weighted by Gasteiger charge is 2.25. The Morgan fingerprint density at radius 1 is 1.39 bits per heavy atom. The summed E-state index contributed by atoms with van der Waals surface area (Å²) < 4.78 is 5.09. The van der Waals surface area contributed by atoms with E-state index >= 15 is 0 Å². The molecule has 0 unspecified atom stereocenters. The second-order valence-corrected chi connectivity index (χ2v) is 4.34. The van der Waals surface area contributed by atoms with Gasteiger partial charge >= 0.3 is 5.97 Å². The van der Waals surface area contributed by atoms with Crippen LogP contribution in [-0.4, -0.2) is 24.1 Å². The van der Waals surface area contributed by atoms with E-state index in [9.17, 15) is 9.59 Å². The first kappa shape index (κ1) is 12.4. The maximum absolute atomic E-state index is 11.8. The minimum absolute atomic E-state index is 0.0253. The van der Waals surface area contributed by atoms with Crippen molar-refractivity contribution in [2.45, 2.75) is 19.3 Å². The largest absolute Gasteiger partial charge is 0.495 e. The number of benzene rings is 1. The van der Waals surface area contributed by atoms with Crippen molar-refractivity contribution in [2.24, 2.45) is 5.92 Å². The first-order valence-electron chi connectivity index (χ1n) is 5.84. The van der Waals surface area contributed by atoms with Crippen LogP contribution in [0.2, 0.25) is 0 Å². The molecule has 1 saturated carbocycles. The van der Waals surface area contributed by atoms with E-state index in [1.807, 2.05) is 0 Å². The van der Waals surface area contributed by atoms with E-state index in [0.29, 0.717) is 11.4 Å². The lowest BCUT2D eigenvalue weighted by Gasteiger charge is -2.24. The number of carbonyl (C=O) groups excluding carboxylic acids is 1. The number of anilines is 1. The van der Waals surface area contributed by atoms with Crippen LogP contribution >= 0.6 is 0 Å². The molecule has 0 aromatic heterocycles. The van der Waals surface area contributed by atoms with Gasteiger partial charge in [-0.2, -0.15) is 0 Å². The fourth-order valence-electron chi connectivity index (χ4n) is 1.83. The fraction of sp³-hybridized carbons (Fsp3) is 0.385. The van der Waals surface area contributed by atoms with E-state index in [2.05, 4.69) is 5.32 Å². The van der Waals surface area contributed by atoms with Crippen molar-refractivity contribution in [3.63, 3.8) is 0 Å². The Balaban J connectivity index is 2.16. The summed E-state index contributed by atoms with van der Waals surface area (Å²) in [7, 11) is 1.44. The molecular weight excluding hydrogens is 234 g/mol. The number of aromatic carboxylic acids is 1. The lowest BCUT2D eigenvalue weighted by Crippen LogP contribution is -2.28. The molecule has 18 heavy (non-hydrogen) atoms. The van der Waals surface area contributed by atoms with Crippen molar-refractivity contribution in [2.75, 3.05) is 12.4 Å². The number of amides is 1. The van der Waals surface area contributed by atoms with Crippen LogP contribution in [0.4, 0.5) is 5.69 Å². The zero-order valence-electron chi connectivity index (χ0n) is 10.1. The zero-order chi connectivity index (χ0) is 13.1. The van der Waals surface area contributed by atoms with Crippen molar-refractivity contribution in [3.05, 3.63) is 23.8 Å². The van der Waals surface area contributed by atoms with Gasteiger partial charge in [0.05, 0.1) is 18.4 Å². The summed E-state index contributed by atoms with van der Waals surface area (Å²) in [5, 5.41) is 11.6. The third-order valence-corrected chi connectivity index (χ3v) is 3.18. The summed E-state index contributed by atoms with van der Waals surface area (Å²) in [5.74, 6) is -0.607. The Hall–Kier alpha value is -2.04. The molecule has 1 amide bonds. The van der Waals surface area contributed by atoms with Crippen LogP contribution in [0.3, 0.4) is 0 Å². The number of carbonyl (C=O) groups is 2. The molecular formula is C13H15NO4. The van der Waals surface area contributed by atoms with Gasteiger partial charge in [-0.3, -0.25) is 4.79 Å². The predicted molar refractivity (Wildman–Crippen MR) is 65.9 cm³/mol. The molecule has 5 nitrogen and oxygen atoms in total. The Labute approximate surface area is 105 Å². The van der Waals surface area contributed by atoms with Crippen LogP contribution in [0, 0.1) is 5.92 Å². The van der Waals surface area contributed by atoms with Crippen LogP contribution in [0.5, 0.6) is 5.75 Å². The van der Waals surface area contributed by atoms with Crippen LogP contribution in [0.1, 0.15) is 29.6 Å². The fourth-order valence-corrected chi connectivity index (χ4v) is 1.83. The Kier molecular flexibility index (Phi) is 3.50. The topological polar surface area (TPSA) is 75.6 Å². The third-order valence-electron chi connectivity index (χ3n) is 3.18. The summed E-state index contributed by atoms with van der Waals surface area (Å²) >= 11 is 0. The van der Waals surface area contributed by atoms with Crippen molar-refractivity contribution in [1.29, 1.82) is 0 Å². The maximum atomic E-state index is 11.8. The molecule has 1 aromatic rings. The molecule has 0 aliphatic heterocycles. The van der Waals surface area contributed by atoms with Crippen LogP contribution < -0.4 is 10.1 Å². The lowest BCUT2D eigenvalue weighted by molar-refractivity contribution is -0.122. The van der Waals surface area contributed by atoms with Crippen molar-refractivity contribution in [1.82, 2.24) is 0 Å². The summed E-state index contributed by atoms with van der Waals surface area (Å²) in [6.07, 6.45) is 2.93. The molecule has 0 heterocycles. The van der Waals surface area contributed by atoms with E-state index in [1.165, 1.54) is 19.2 Å². The van der Waals surface area contributed by atoms with E-state index in [0.717, 1.165) is 19.3 Å². The minimum atomic E-state index is -1.02. The van der Waals surface area contributed by atoms with Gasteiger partial charge in [-0.05, 0) is 31.0 Å². The highest BCUT2D eigenvalue weighted by Crippen LogP contribution is 2.30. The third kappa shape index (κ3) is 2.45. The molecule has 0 radical (unpaired) electrons. The molecule has 5 heteroatoms. The zero-order valence-corrected chi connectivity index (χ0v) is 10.1. The molecule has 1 aromatic carbocycles. The van der Waals surface area contributed by atoms with Crippen LogP contribution in [0.15, 0.2) is 18.2 Å². The van der Waals surface area contributed by atoms with Gasteiger partial charge in [0.15, 0.2) is 0 Å². The number of carboxylic acids is 1. The van der Waals surface area contributed by atoms with Crippen molar-refractivity contribution >= 4 is 17.6 Å². The smallest absolute Gasteiger partial charge is 0.335 e. The highest BCUT2D eigenvalue weighted by atomic mass is 16.5. The average Bonchev–Trinajstić information content (AvgIpc) is 2.26. The molecule has 96 valence electrons. The van der Waals surface area contributed by atoms with Gasteiger partial charge in [0.2, 0.25) is 5.91 Å². The lowest BCUT2D eigenvalue weighted by atomic mass is 9.85. The molecule has 2 rings (SSSR count). The van der Waals surface area contributed by atoms with Crippen LogP contribution in [-0.2, 0) is 4.79 Å². The Morgan fingerprint density at radius 2 is 2.11 bits per heavy atom. The molecule has 0 spiro atoms. The van der Waals surface area contributed by atoms with Crippen LogP contribution in [0.25, 0.3) is 0 Å². The number of rotatable bonds is 4. The predicted octanol–water partition coefficient (Wildman–Crippen LogP) is 2.13. The normalized spacial score (nSPS) is 14.7. The first-order valence-corrected chi connectivity index (χ1v) is 5.84. The van der Waals surface area contributed by atoms with E-state index in [-0.39, 0.29) is 17.4 Å².